The van der Waals surface area contributed by atoms with Gasteiger partial charge in [0, 0.05) is 44.9 Å². The van der Waals surface area contributed by atoms with E-state index in [2.05, 4.69) is 187 Å². The second-order valence-corrected chi connectivity index (χ2v) is 14.7. The number of rotatable bonds is 8. The molecule has 0 aliphatic carbocycles. The number of hydrogen-bond donors (Lipinski definition) is 0. The second kappa shape index (κ2) is 14.5. The fraction of sp³-hybridized carbons (Fsp3) is 0. The molecule has 2 aromatic heterocycles. The van der Waals surface area contributed by atoms with Gasteiger partial charge in [-0.15, -0.1) is 0 Å². The van der Waals surface area contributed by atoms with Crippen LogP contribution >= 0.6 is 0 Å². The van der Waals surface area contributed by atoms with Crippen LogP contribution in [0, 0.1) is 0 Å². The molecule has 0 aliphatic rings. The molecule has 11 rings (SSSR count). The Kier molecular flexibility index (Phi) is 8.45. The van der Waals surface area contributed by atoms with Crippen molar-refractivity contribution in [3.63, 3.8) is 0 Å². The summed E-state index contributed by atoms with van der Waals surface area (Å²) >= 11 is 0. The molecule has 0 amide bonds. The van der Waals surface area contributed by atoms with Gasteiger partial charge >= 0.3 is 0 Å². The topological polar surface area (TPSA) is 42.4 Å². The average Bonchev–Trinajstić information content (AvgIpc) is 3.91. The quantitative estimate of drug-likeness (QED) is 0.155. The summed E-state index contributed by atoms with van der Waals surface area (Å²) in [7, 11) is 0. The molecule has 0 saturated carbocycles. The predicted octanol–water partition coefficient (Wildman–Crippen LogP) is 15.5. The molecule has 4 nitrogen and oxygen atoms in total. The van der Waals surface area contributed by atoms with Gasteiger partial charge in [-0.1, -0.05) is 164 Å². The Labute approximate surface area is 341 Å². The van der Waals surface area contributed by atoms with Gasteiger partial charge in [0.25, 0.3) is 0 Å². The highest BCUT2D eigenvalue weighted by Gasteiger charge is 2.20. The number of aromatic nitrogens is 1. The van der Waals surface area contributed by atoms with Crippen molar-refractivity contribution in [3.05, 3.63) is 218 Å². The number of benzene rings is 9. The number of oxazole rings is 1. The maximum absolute atomic E-state index is 6.62. The summed E-state index contributed by atoms with van der Waals surface area (Å²) in [5.74, 6) is 0.601. The molecule has 0 unspecified atom stereocenters. The molecule has 0 fully saturated rings. The van der Waals surface area contributed by atoms with Gasteiger partial charge in [-0.3, -0.25) is 0 Å². The number of anilines is 3. The third-order valence-corrected chi connectivity index (χ3v) is 11.1. The summed E-state index contributed by atoms with van der Waals surface area (Å²) in [6, 6.07) is 76.6. The number of fused-ring (bicyclic) bond motifs is 4. The largest absolute Gasteiger partial charge is 0.455 e. The van der Waals surface area contributed by atoms with E-state index in [0.717, 1.165) is 72.3 Å². The van der Waals surface area contributed by atoms with E-state index >= 15 is 0 Å². The molecular formula is C55H36N2O2. The zero-order valence-electron chi connectivity index (χ0n) is 32.0. The lowest BCUT2D eigenvalue weighted by atomic mass is 9.99. The van der Waals surface area contributed by atoms with Crippen LogP contribution in [0.2, 0.25) is 0 Å². The molecule has 0 aliphatic heterocycles. The number of hydrogen-bond acceptors (Lipinski definition) is 4. The third-order valence-electron chi connectivity index (χ3n) is 11.1. The molecule has 0 radical (unpaired) electrons. The molecule has 0 saturated heterocycles. The van der Waals surface area contributed by atoms with Crippen molar-refractivity contribution >= 4 is 50.1 Å². The molecule has 59 heavy (non-hydrogen) atoms. The Hall–Kier alpha value is -7.95. The minimum absolute atomic E-state index is 0.601. The lowest BCUT2D eigenvalue weighted by Gasteiger charge is -2.28. The Balaban J connectivity index is 0.966. The first-order valence-corrected chi connectivity index (χ1v) is 19.9. The van der Waals surface area contributed by atoms with Crippen LogP contribution in [0.1, 0.15) is 0 Å². The normalized spacial score (nSPS) is 11.4. The first-order chi connectivity index (χ1) is 29.2. The minimum atomic E-state index is 0.601. The highest BCUT2D eigenvalue weighted by Crippen LogP contribution is 2.43. The van der Waals surface area contributed by atoms with E-state index in [1.165, 1.54) is 22.3 Å². The molecule has 2 heterocycles. The van der Waals surface area contributed by atoms with E-state index in [1.807, 2.05) is 36.4 Å². The summed E-state index contributed by atoms with van der Waals surface area (Å²) in [5, 5.41) is 2.05. The van der Waals surface area contributed by atoms with Crippen LogP contribution in [0.5, 0.6) is 0 Å². The van der Waals surface area contributed by atoms with Crippen molar-refractivity contribution in [1.29, 1.82) is 0 Å². The van der Waals surface area contributed by atoms with E-state index in [4.69, 9.17) is 13.8 Å². The highest BCUT2D eigenvalue weighted by atomic mass is 16.4. The van der Waals surface area contributed by atoms with Crippen LogP contribution in [0.15, 0.2) is 227 Å². The van der Waals surface area contributed by atoms with Crippen LogP contribution in [-0.4, -0.2) is 4.98 Å². The third kappa shape index (κ3) is 6.34. The molecule has 0 spiro atoms. The summed E-state index contributed by atoms with van der Waals surface area (Å²) in [6.07, 6.45) is 0. The summed E-state index contributed by atoms with van der Waals surface area (Å²) < 4.78 is 12.8. The lowest BCUT2D eigenvalue weighted by Crippen LogP contribution is -2.11. The van der Waals surface area contributed by atoms with Gasteiger partial charge in [0.2, 0.25) is 5.89 Å². The number of para-hydroxylation sites is 2. The van der Waals surface area contributed by atoms with E-state index < -0.39 is 0 Å². The SMILES string of the molecule is c1ccc(-c2ccc(-c3ccc(N(c4ccc(-c5cccc6c5oc5cc7oc(-c8ccccc8)nc7cc56)cc4)c4ccccc4-c4ccccc4)cc3)cc2)cc1. The molecule has 0 atom stereocenters. The molecule has 11 aromatic rings. The molecule has 278 valence electrons. The summed E-state index contributed by atoms with van der Waals surface area (Å²) in [4.78, 5) is 7.17. The van der Waals surface area contributed by atoms with E-state index in [9.17, 15) is 0 Å². The highest BCUT2D eigenvalue weighted by molar-refractivity contribution is 6.12. The Morgan fingerprint density at radius 2 is 0.831 bits per heavy atom. The van der Waals surface area contributed by atoms with Gasteiger partial charge in [0.1, 0.15) is 16.7 Å². The van der Waals surface area contributed by atoms with E-state index in [-0.39, 0.29) is 0 Å². The smallest absolute Gasteiger partial charge is 0.227 e. The van der Waals surface area contributed by atoms with Gasteiger partial charge in [-0.05, 0) is 81.9 Å². The second-order valence-electron chi connectivity index (χ2n) is 14.7. The zero-order chi connectivity index (χ0) is 39.1. The van der Waals surface area contributed by atoms with Gasteiger partial charge < -0.3 is 13.7 Å². The van der Waals surface area contributed by atoms with Crippen molar-refractivity contribution in [2.45, 2.75) is 0 Å². The van der Waals surface area contributed by atoms with Crippen molar-refractivity contribution in [1.82, 2.24) is 4.98 Å². The summed E-state index contributed by atoms with van der Waals surface area (Å²) in [6.45, 7) is 0. The maximum Gasteiger partial charge on any atom is 0.227 e. The number of furan rings is 1. The van der Waals surface area contributed by atoms with E-state index in [0.29, 0.717) is 11.5 Å². The fourth-order valence-corrected chi connectivity index (χ4v) is 8.19. The number of nitrogens with zero attached hydrogens (tertiary/aromatic N) is 2. The monoisotopic (exact) mass is 756 g/mol. The Bertz CT molecular complexity index is 3220. The van der Waals surface area contributed by atoms with Gasteiger partial charge in [-0.2, -0.15) is 0 Å². The lowest BCUT2D eigenvalue weighted by molar-refractivity contribution is 0.617. The minimum Gasteiger partial charge on any atom is -0.455 e. The molecule has 9 aromatic carbocycles. The van der Waals surface area contributed by atoms with Crippen LogP contribution in [0.3, 0.4) is 0 Å². The molecule has 0 bridgehead atoms. The Morgan fingerprint density at radius 3 is 1.47 bits per heavy atom. The first kappa shape index (κ1) is 34.3. The van der Waals surface area contributed by atoms with Crippen LogP contribution in [-0.2, 0) is 0 Å². The maximum atomic E-state index is 6.62. The van der Waals surface area contributed by atoms with Crippen molar-refractivity contribution in [2.75, 3.05) is 4.90 Å². The van der Waals surface area contributed by atoms with Crippen molar-refractivity contribution in [2.24, 2.45) is 0 Å². The van der Waals surface area contributed by atoms with E-state index in [1.54, 1.807) is 0 Å². The Morgan fingerprint density at radius 1 is 0.339 bits per heavy atom. The zero-order valence-corrected chi connectivity index (χ0v) is 32.0. The van der Waals surface area contributed by atoms with Crippen LogP contribution < -0.4 is 4.90 Å². The predicted molar refractivity (Wildman–Crippen MR) is 243 cm³/mol. The molecule has 4 heteroatoms. The molecular weight excluding hydrogens is 721 g/mol. The average molecular weight is 757 g/mol. The summed E-state index contributed by atoms with van der Waals surface area (Å²) in [5.41, 5.74) is 16.5. The molecule has 0 N–H and O–H groups in total. The van der Waals surface area contributed by atoms with Gasteiger partial charge in [0.15, 0.2) is 5.58 Å². The fourth-order valence-electron chi connectivity index (χ4n) is 8.19. The standard InChI is InChI=1S/C55H36N2O2/c1-4-13-37(14-5-1)38-23-25-39(26-24-38)40-27-31-44(32-28-40)57(51-22-11-10-19-46(51)41-15-6-2-7-16-41)45-33-29-42(30-34-45)47-20-12-21-48-49-35-50-53(36-52(49)58-54(47)48)59-55(56-50)43-17-8-3-9-18-43/h1-36H. The van der Waals surface area contributed by atoms with Crippen LogP contribution in [0.25, 0.3) is 89.0 Å². The van der Waals surface area contributed by atoms with Crippen molar-refractivity contribution in [3.8, 4) is 56.0 Å². The first-order valence-electron chi connectivity index (χ1n) is 19.9. The van der Waals surface area contributed by atoms with Gasteiger partial charge in [0.05, 0.1) is 5.69 Å². The van der Waals surface area contributed by atoms with Gasteiger partial charge in [-0.25, -0.2) is 4.98 Å². The van der Waals surface area contributed by atoms with Crippen molar-refractivity contribution < 1.29 is 8.83 Å². The van der Waals surface area contributed by atoms with Crippen LogP contribution in [0.4, 0.5) is 17.1 Å².